The second kappa shape index (κ2) is 5.44. The molecule has 0 bridgehead atoms. The van der Waals surface area contributed by atoms with Crippen molar-refractivity contribution in [1.29, 1.82) is 0 Å². The fourth-order valence-corrected chi connectivity index (χ4v) is 2.88. The molecular weight excluding hydrogens is 278 g/mol. The zero-order valence-electron chi connectivity index (χ0n) is 13.1. The van der Waals surface area contributed by atoms with Crippen molar-refractivity contribution in [3.8, 4) is 0 Å². The number of benzene rings is 1. The van der Waals surface area contributed by atoms with Crippen LogP contribution in [0.3, 0.4) is 0 Å². The van der Waals surface area contributed by atoms with E-state index in [-0.39, 0.29) is 11.8 Å². The number of likely N-dealkylation sites (N-methyl/N-ethyl adjacent to an activating group) is 1. The Labute approximate surface area is 129 Å². The molecule has 4 nitrogen and oxygen atoms in total. The third kappa shape index (κ3) is 2.34. The van der Waals surface area contributed by atoms with Crippen LogP contribution in [0, 0.1) is 13.8 Å². The summed E-state index contributed by atoms with van der Waals surface area (Å²) in [5.41, 5.74) is 3.64. The lowest BCUT2D eigenvalue weighted by Crippen LogP contribution is -2.41. The van der Waals surface area contributed by atoms with Gasteiger partial charge in [0, 0.05) is 23.9 Å². The van der Waals surface area contributed by atoms with Crippen LogP contribution in [0.4, 0.5) is 0 Å². The first-order chi connectivity index (χ1) is 10.5. The summed E-state index contributed by atoms with van der Waals surface area (Å²) < 4.78 is 5.67. The lowest BCUT2D eigenvalue weighted by molar-refractivity contribution is -0.144. The van der Waals surface area contributed by atoms with Crippen molar-refractivity contribution in [3.63, 3.8) is 0 Å². The van der Waals surface area contributed by atoms with Gasteiger partial charge in [0.25, 0.3) is 5.91 Å². The molecule has 0 unspecified atom stereocenters. The van der Waals surface area contributed by atoms with Crippen molar-refractivity contribution in [1.82, 2.24) is 4.90 Å². The second-order valence-corrected chi connectivity index (χ2v) is 5.65. The van der Waals surface area contributed by atoms with Gasteiger partial charge in [-0.1, -0.05) is 6.07 Å². The van der Waals surface area contributed by atoms with Gasteiger partial charge >= 0.3 is 0 Å². The summed E-state index contributed by atoms with van der Waals surface area (Å²) in [6.45, 7) is 6.22. The molecule has 0 atom stereocenters. The molecule has 1 aromatic carbocycles. The average Bonchev–Trinajstić information content (AvgIpc) is 2.78. The smallest absolute Gasteiger partial charge is 0.256 e. The number of fused-ring (bicyclic) bond motifs is 1. The topological polar surface area (TPSA) is 50.5 Å². The Morgan fingerprint density at radius 2 is 2.00 bits per heavy atom. The van der Waals surface area contributed by atoms with Crippen LogP contribution in [-0.4, -0.2) is 23.3 Å². The van der Waals surface area contributed by atoms with Crippen LogP contribution in [0.1, 0.15) is 36.7 Å². The maximum atomic E-state index is 12.3. The van der Waals surface area contributed by atoms with Gasteiger partial charge in [-0.2, -0.15) is 0 Å². The standard InChI is InChI=1S/C18H19NO3/c1-4-19-17(20)8-6-14(18(19)21)9-13-5-7-16-15(10-13)11(2)12(3)22-16/h5,7,9-10H,4,6,8H2,1-3H3/b14-9-. The molecule has 0 saturated carbocycles. The number of carbonyl (C=O) groups excluding carboxylic acids is 2. The molecule has 0 spiro atoms. The first-order valence-corrected chi connectivity index (χ1v) is 7.56. The molecular formula is C18H19NO3. The van der Waals surface area contributed by atoms with Gasteiger partial charge in [-0.05, 0) is 56.5 Å². The minimum Gasteiger partial charge on any atom is -0.461 e. The SMILES string of the molecule is CCN1C(=O)CC/C(=C/c2ccc3oc(C)c(C)c3c2)C1=O. The van der Waals surface area contributed by atoms with Crippen LogP contribution in [-0.2, 0) is 9.59 Å². The minimum atomic E-state index is -0.168. The molecule has 4 heteroatoms. The van der Waals surface area contributed by atoms with Crippen LogP contribution in [0.2, 0.25) is 0 Å². The lowest BCUT2D eigenvalue weighted by Gasteiger charge is -2.25. The van der Waals surface area contributed by atoms with Crippen molar-refractivity contribution >= 4 is 28.9 Å². The molecule has 0 aliphatic carbocycles. The van der Waals surface area contributed by atoms with E-state index in [1.165, 1.54) is 4.90 Å². The van der Waals surface area contributed by atoms with Gasteiger partial charge in [0.1, 0.15) is 11.3 Å². The molecule has 0 radical (unpaired) electrons. The van der Waals surface area contributed by atoms with E-state index in [2.05, 4.69) is 0 Å². The maximum absolute atomic E-state index is 12.3. The minimum absolute atomic E-state index is 0.0820. The summed E-state index contributed by atoms with van der Waals surface area (Å²) in [5.74, 6) is 0.664. The highest BCUT2D eigenvalue weighted by Crippen LogP contribution is 2.27. The third-order valence-corrected chi connectivity index (χ3v) is 4.29. The van der Waals surface area contributed by atoms with Gasteiger partial charge in [-0.15, -0.1) is 0 Å². The molecule has 1 aliphatic heterocycles. The quantitative estimate of drug-likeness (QED) is 0.628. The Hall–Kier alpha value is -2.36. The molecule has 22 heavy (non-hydrogen) atoms. The van der Waals surface area contributed by atoms with Gasteiger partial charge in [0.05, 0.1) is 0 Å². The van der Waals surface area contributed by atoms with Crippen molar-refractivity contribution in [3.05, 3.63) is 40.7 Å². The fraction of sp³-hybridized carbons (Fsp3) is 0.333. The highest BCUT2D eigenvalue weighted by atomic mass is 16.3. The molecule has 1 aromatic heterocycles. The van der Waals surface area contributed by atoms with Crippen molar-refractivity contribution in [2.75, 3.05) is 6.54 Å². The molecule has 2 heterocycles. The molecule has 1 fully saturated rings. The number of furan rings is 1. The fourth-order valence-electron chi connectivity index (χ4n) is 2.88. The van der Waals surface area contributed by atoms with E-state index in [0.717, 1.165) is 27.9 Å². The summed E-state index contributed by atoms with van der Waals surface area (Å²) in [6, 6.07) is 5.91. The van der Waals surface area contributed by atoms with Crippen LogP contribution in [0.15, 0.2) is 28.2 Å². The highest BCUT2D eigenvalue weighted by Gasteiger charge is 2.28. The molecule has 1 aliphatic rings. The molecule has 3 rings (SSSR count). The highest BCUT2D eigenvalue weighted by molar-refractivity contribution is 6.09. The van der Waals surface area contributed by atoms with E-state index in [4.69, 9.17) is 4.42 Å². The van der Waals surface area contributed by atoms with Gasteiger partial charge in [0.15, 0.2) is 0 Å². The monoisotopic (exact) mass is 297 g/mol. The number of rotatable bonds is 2. The zero-order valence-corrected chi connectivity index (χ0v) is 13.1. The van der Waals surface area contributed by atoms with Crippen LogP contribution < -0.4 is 0 Å². The Morgan fingerprint density at radius 3 is 2.73 bits per heavy atom. The van der Waals surface area contributed by atoms with E-state index in [1.54, 1.807) is 0 Å². The predicted octanol–water partition coefficient (Wildman–Crippen LogP) is 3.60. The maximum Gasteiger partial charge on any atom is 0.256 e. The average molecular weight is 297 g/mol. The van der Waals surface area contributed by atoms with E-state index in [1.807, 2.05) is 45.0 Å². The summed E-state index contributed by atoms with van der Waals surface area (Å²) in [5, 5.41) is 1.07. The van der Waals surface area contributed by atoms with Crippen LogP contribution >= 0.6 is 0 Å². The Kier molecular flexibility index (Phi) is 3.61. The van der Waals surface area contributed by atoms with Crippen molar-refractivity contribution in [2.45, 2.75) is 33.6 Å². The van der Waals surface area contributed by atoms with E-state index < -0.39 is 0 Å². The van der Waals surface area contributed by atoms with Gasteiger partial charge in [-0.25, -0.2) is 0 Å². The Morgan fingerprint density at radius 1 is 1.23 bits per heavy atom. The third-order valence-electron chi connectivity index (χ3n) is 4.29. The summed E-state index contributed by atoms with van der Waals surface area (Å²) in [6.07, 6.45) is 2.80. The summed E-state index contributed by atoms with van der Waals surface area (Å²) in [7, 11) is 0. The number of imide groups is 1. The first kappa shape index (κ1) is 14.6. The Balaban J connectivity index is 1.99. The Bertz CT molecular complexity index is 798. The largest absolute Gasteiger partial charge is 0.461 e. The van der Waals surface area contributed by atoms with E-state index >= 15 is 0 Å². The summed E-state index contributed by atoms with van der Waals surface area (Å²) in [4.78, 5) is 25.4. The molecule has 2 amide bonds. The molecule has 0 N–H and O–H groups in total. The lowest BCUT2D eigenvalue weighted by atomic mass is 9.99. The second-order valence-electron chi connectivity index (χ2n) is 5.65. The molecule has 114 valence electrons. The van der Waals surface area contributed by atoms with Crippen LogP contribution in [0.5, 0.6) is 0 Å². The molecule has 2 aromatic rings. The number of nitrogens with zero attached hydrogens (tertiary/aromatic N) is 1. The molecule has 1 saturated heterocycles. The number of hydrogen-bond donors (Lipinski definition) is 0. The number of likely N-dealkylation sites (tertiary alicyclic amines) is 1. The van der Waals surface area contributed by atoms with Crippen molar-refractivity contribution in [2.24, 2.45) is 0 Å². The van der Waals surface area contributed by atoms with E-state index in [9.17, 15) is 9.59 Å². The number of piperidine rings is 1. The predicted molar refractivity (Wildman–Crippen MR) is 85.3 cm³/mol. The number of amides is 2. The van der Waals surface area contributed by atoms with Gasteiger partial charge in [0.2, 0.25) is 5.91 Å². The number of carbonyl (C=O) groups is 2. The number of aryl methyl sites for hydroxylation is 2. The number of hydrogen-bond acceptors (Lipinski definition) is 3. The van der Waals surface area contributed by atoms with Gasteiger partial charge in [-0.3, -0.25) is 14.5 Å². The van der Waals surface area contributed by atoms with Crippen LogP contribution in [0.25, 0.3) is 17.0 Å². The first-order valence-electron chi connectivity index (χ1n) is 7.56. The van der Waals surface area contributed by atoms with Gasteiger partial charge < -0.3 is 4.42 Å². The van der Waals surface area contributed by atoms with Crippen molar-refractivity contribution < 1.29 is 14.0 Å². The summed E-state index contributed by atoms with van der Waals surface area (Å²) >= 11 is 0. The zero-order chi connectivity index (χ0) is 15.9. The van der Waals surface area contributed by atoms with E-state index in [0.29, 0.717) is 25.0 Å². The normalized spacial score (nSPS) is 17.8.